The monoisotopic (exact) mass is 414 g/mol. The Morgan fingerprint density at radius 3 is 2.41 bits per heavy atom. The fraction of sp³-hybridized carbons (Fsp3) is 0.105. The highest BCUT2D eigenvalue weighted by Gasteiger charge is 2.14. The molecule has 0 aliphatic rings. The quantitative estimate of drug-likeness (QED) is 0.443. The number of rotatable bonds is 4. The van der Waals surface area contributed by atoms with Crippen molar-refractivity contribution in [2.45, 2.75) is 0 Å². The summed E-state index contributed by atoms with van der Waals surface area (Å²) in [6, 6.07) is 8.04. The van der Waals surface area contributed by atoms with Crippen LogP contribution in [-0.4, -0.2) is 40.2 Å². The zero-order valence-electron chi connectivity index (χ0n) is 15.3. The lowest BCUT2D eigenvalue weighted by molar-refractivity contribution is 0.340. The number of aromatic hydroxyl groups is 1. The van der Waals surface area contributed by atoms with Crippen molar-refractivity contribution in [3.63, 3.8) is 0 Å². The van der Waals surface area contributed by atoms with Gasteiger partial charge >= 0.3 is 11.2 Å². The SMILES string of the molecule is COc1cc(C=Nn2c(=O)[nH]c3c([nH]c4ccc(Cl)cc43)c2=O)cc(OC)c1O. The van der Waals surface area contributed by atoms with E-state index in [9.17, 15) is 14.7 Å². The largest absolute Gasteiger partial charge is 0.502 e. The number of hydrogen-bond acceptors (Lipinski definition) is 6. The molecule has 0 bridgehead atoms. The average molecular weight is 415 g/mol. The summed E-state index contributed by atoms with van der Waals surface area (Å²) in [6.07, 6.45) is 1.28. The predicted octanol–water partition coefficient (Wildman–Crippen LogP) is 2.43. The van der Waals surface area contributed by atoms with Crippen LogP contribution in [0.2, 0.25) is 5.02 Å². The van der Waals surface area contributed by atoms with E-state index in [1.54, 1.807) is 18.2 Å². The summed E-state index contributed by atoms with van der Waals surface area (Å²) in [6.45, 7) is 0. The molecule has 4 rings (SSSR count). The van der Waals surface area contributed by atoms with Gasteiger partial charge in [0.1, 0.15) is 5.52 Å². The summed E-state index contributed by atoms with van der Waals surface area (Å²) in [5.74, 6) is 0.158. The molecule has 0 spiro atoms. The number of halogens is 1. The highest BCUT2D eigenvalue weighted by molar-refractivity contribution is 6.31. The number of phenolic OH excluding ortho intramolecular Hbond substituents is 1. The standard InChI is InChI=1S/C19H15ClN4O5/c1-28-13-5-9(6-14(29-2)17(13)25)8-21-24-18(26)16-15(23-19(24)27)11-7-10(20)3-4-12(11)22-16/h3-8,22,25H,1-2H3,(H,23,27). The van der Waals surface area contributed by atoms with E-state index in [0.717, 1.165) is 0 Å². The van der Waals surface area contributed by atoms with Gasteiger partial charge in [-0.05, 0) is 30.3 Å². The van der Waals surface area contributed by atoms with Gasteiger partial charge in [0, 0.05) is 21.5 Å². The number of methoxy groups -OCH3 is 2. The molecule has 10 heteroatoms. The first-order valence-electron chi connectivity index (χ1n) is 8.38. The molecule has 0 amide bonds. The van der Waals surface area contributed by atoms with Crippen LogP contribution in [0.1, 0.15) is 5.56 Å². The van der Waals surface area contributed by atoms with Gasteiger partial charge in [0.25, 0.3) is 0 Å². The molecule has 0 atom stereocenters. The third-order valence-electron chi connectivity index (χ3n) is 4.42. The number of H-pyrrole nitrogens is 2. The van der Waals surface area contributed by atoms with Gasteiger partial charge in [0.2, 0.25) is 5.75 Å². The third kappa shape index (κ3) is 3.11. The van der Waals surface area contributed by atoms with Crippen molar-refractivity contribution in [3.05, 3.63) is 61.8 Å². The maximum absolute atomic E-state index is 12.8. The van der Waals surface area contributed by atoms with Gasteiger partial charge in [0.15, 0.2) is 11.5 Å². The fourth-order valence-electron chi connectivity index (χ4n) is 3.03. The van der Waals surface area contributed by atoms with Gasteiger partial charge in [-0.2, -0.15) is 5.10 Å². The van der Waals surface area contributed by atoms with E-state index in [0.29, 0.717) is 31.7 Å². The molecule has 4 aromatic rings. The van der Waals surface area contributed by atoms with Crippen LogP contribution in [0.3, 0.4) is 0 Å². The minimum absolute atomic E-state index is 0.162. The summed E-state index contributed by atoms with van der Waals surface area (Å²) in [5.41, 5.74) is 0.331. The molecule has 2 heterocycles. The van der Waals surface area contributed by atoms with Crippen molar-refractivity contribution in [1.82, 2.24) is 14.6 Å². The maximum atomic E-state index is 12.8. The highest BCUT2D eigenvalue weighted by atomic mass is 35.5. The van der Waals surface area contributed by atoms with Crippen LogP contribution in [0.4, 0.5) is 0 Å². The number of phenols is 1. The van der Waals surface area contributed by atoms with E-state index in [2.05, 4.69) is 15.1 Å². The van der Waals surface area contributed by atoms with Gasteiger partial charge in [-0.15, -0.1) is 4.68 Å². The van der Waals surface area contributed by atoms with Crippen molar-refractivity contribution in [1.29, 1.82) is 0 Å². The first kappa shape index (κ1) is 18.6. The summed E-state index contributed by atoms with van der Waals surface area (Å²) >= 11 is 6.01. The first-order valence-corrected chi connectivity index (χ1v) is 8.76. The Bertz CT molecular complexity index is 1370. The Hall–Kier alpha value is -3.72. The Morgan fingerprint density at radius 1 is 1.07 bits per heavy atom. The molecule has 0 saturated heterocycles. The summed E-state index contributed by atoms with van der Waals surface area (Å²) in [7, 11) is 2.78. The molecule has 0 aliphatic heterocycles. The van der Waals surface area contributed by atoms with Gasteiger partial charge < -0.3 is 24.5 Å². The van der Waals surface area contributed by atoms with E-state index in [1.807, 2.05) is 0 Å². The average Bonchev–Trinajstić information content (AvgIpc) is 3.06. The van der Waals surface area contributed by atoms with E-state index >= 15 is 0 Å². The third-order valence-corrected chi connectivity index (χ3v) is 4.65. The van der Waals surface area contributed by atoms with E-state index in [-0.39, 0.29) is 22.8 Å². The van der Waals surface area contributed by atoms with Crippen LogP contribution in [0.15, 0.2) is 45.0 Å². The second kappa shape index (κ2) is 7.02. The molecule has 0 radical (unpaired) electrons. The summed E-state index contributed by atoms with van der Waals surface area (Å²) in [5, 5.41) is 15.1. The van der Waals surface area contributed by atoms with Crippen LogP contribution < -0.4 is 20.7 Å². The number of nitrogens with zero attached hydrogens (tertiary/aromatic N) is 2. The molecule has 2 aromatic carbocycles. The Labute approximate surface area is 167 Å². The number of aromatic nitrogens is 3. The number of aromatic amines is 2. The van der Waals surface area contributed by atoms with Crippen molar-refractivity contribution < 1.29 is 14.6 Å². The second-order valence-corrected chi connectivity index (χ2v) is 6.57. The molecular weight excluding hydrogens is 400 g/mol. The Morgan fingerprint density at radius 2 is 1.76 bits per heavy atom. The molecule has 0 fully saturated rings. The zero-order chi connectivity index (χ0) is 20.7. The van der Waals surface area contributed by atoms with E-state index in [1.165, 1.54) is 32.6 Å². The van der Waals surface area contributed by atoms with E-state index in [4.69, 9.17) is 21.1 Å². The summed E-state index contributed by atoms with van der Waals surface area (Å²) in [4.78, 5) is 30.9. The highest BCUT2D eigenvalue weighted by Crippen LogP contribution is 2.36. The fourth-order valence-corrected chi connectivity index (χ4v) is 3.20. The molecule has 0 saturated carbocycles. The van der Waals surface area contributed by atoms with Crippen LogP contribution in [0, 0.1) is 0 Å². The van der Waals surface area contributed by atoms with Crippen molar-refractivity contribution in [3.8, 4) is 17.2 Å². The van der Waals surface area contributed by atoms with Gasteiger partial charge in [0.05, 0.1) is 26.0 Å². The molecule has 29 heavy (non-hydrogen) atoms. The molecular formula is C19H15ClN4O5. The topological polar surface area (TPSA) is 122 Å². The number of hydrogen-bond donors (Lipinski definition) is 3. The maximum Gasteiger partial charge on any atom is 0.350 e. The Kier molecular flexibility index (Phi) is 4.51. The van der Waals surface area contributed by atoms with Gasteiger partial charge in [-0.3, -0.25) is 4.79 Å². The first-order chi connectivity index (χ1) is 13.9. The number of fused-ring (bicyclic) bond motifs is 3. The van der Waals surface area contributed by atoms with E-state index < -0.39 is 11.2 Å². The lowest BCUT2D eigenvalue weighted by Gasteiger charge is -2.09. The molecule has 0 aliphatic carbocycles. The number of benzene rings is 2. The van der Waals surface area contributed by atoms with Crippen molar-refractivity contribution >= 4 is 39.8 Å². The number of nitrogens with one attached hydrogen (secondary N) is 2. The minimum Gasteiger partial charge on any atom is -0.502 e. The van der Waals surface area contributed by atoms with Crippen molar-refractivity contribution in [2.75, 3.05) is 14.2 Å². The normalized spacial score (nSPS) is 11.6. The predicted molar refractivity (Wildman–Crippen MR) is 110 cm³/mol. The second-order valence-electron chi connectivity index (χ2n) is 6.13. The van der Waals surface area contributed by atoms with Crippen LogP contribution in [0.5, 0.6) is 17.2 Å². The van der Waals surface area contributed by atoms with Gasteiger partial charge in [-0.25, -0.2) is 4.79 Å². The molecule has 3 N–H and O–H groups in total. The van der Waals surface area contributed by atoms with Crippen LogP contribution in [-0.2, 0) is 0 Å². The zero-order valence-corrected chi connectivity index (χ0v) is 16.1. The van der Waals surface area contributed by atoms with Crippen LogP contribution >= 0.6 is 11.6 Å². The summed E-state index contributed by atoms with van der Waals surface area (Å²) < 4.78 is 10.9. The van der Waals surface area contributed by atoms with Crippen LogP contribution in [0.25, 0.3) is 21.9 Å². The molecule has 0 unspecified atom stereocenters. The Balaban J connectivity index is 1.86. The lowest BCUT2D eigenvalue weighted by atomic mass is 10.2. The number of ether oxygens (including phenoxy) is 2. The van der Waals surface area contributed by atoms with Crippen molar-refractivity contribution in [2.24, 2.45) is 5.10 Å². The molecule has 9 nitrogen and oxygen atoms in total. The van der Waals surface area contributed by atoms with Gasteiger partial charge in [-0.1, -0.05) is 11.6 Å². The molecule has 2 aromatic heterocycles. The molecule has 148 valence electrons. The minimum atomic E-state index is -0.711. The smallest absolute Gasteiger partial charge is 0.350 e. The lowest BCUT2D eigenvalue weighted by Crippen LogP contribution is -2.32.